The summed E-state index contributed by atoms with van der Waals surface area (Å²) in [5, 5.41) is 0. The third kappa shape index (κ3) is 3.81. The van der Waals surface area contributed by atoms with E-state index in [1.807, 2.05) is 0 Å². The van der Waals surface area contributed by atoms with Crippen LogP contribution in [0.25, 0.3) is 0 Å². The summed E-state index contributed by atoms with van der Waals surface area (Å²) in [6, 6.07) is 8.35. The maximum atomic E-state index is 13.1. The summed E-state index contributed by atoms with van der Waals surface area (Å²) in [6.07, 6.45) is -4.23. The summed E-state index contributed by atoms with van der Waals surface area (Å²) in [7, 11) is 0. The van der Waals surface area contributed by atoms with Crippen LogP contribution in [-0.2, 0) is 0 Å². The molecule has 21 heavy (non-hydrogen) atoms. The molecule has 6 heteroatoms. The highest BCUT2D eigenvalue weighted by Crippen LogP contribution is 2.36. The maximum absolute atomic E-state index is 13.1. The normalized spacial score (nSPS) is 12.8. The van der Waals surface area contributed by atoms with Crippen LogP contribution >= 0.6 is 0 Å². The molecule has 0 spiro atoms. The van der Waals surface area contributed by atoms with Gasteiger partial charge in [-0.2, -0.15) is 13.2 Å². The van der Waals surface area contributed by atoms with Gasteiger partial charge in [-0.05, 0) is 25.1 Å². The summed E-state index contributed by atoms with van der Waals surface area (Å²) < 4.78 is 44.4. The molecule has 0 aliphatic rings. The Balaban J connectivity index is 2.32. The number of pyridine rings is 1. The zero-order chi connectivity index (χ0) is 15.5. The zero-order valence-electron chi connectivity index (χ0n) is 11.1. The molecule has 1 unspecified atom stereocenters. The van der Waals surface area contributed by atoms with Crippen LogP contribution in [0.1, 0.15) is 28.9 Å². The van der Waals surface area contributed by atoms with Crippen LogP contribution in [0.3, 0.4) is 0 Å². The molecule has 2 rings (SSSR count). The topological polar surface area (TPSA) is 39.2 Å². The smallest absolute Gasteiger partial charge is 0.429 e. The molecule has 2 aromatic rings. The lowest BCUT2D eigenvalue weighted by atomic mass is 10.1. The Morgan fingerprint density at radius 1 is 1.24 bits per heavy atom. The van der Waals surface area contributed by atoms with Gasteiger partial charge >= 0.3 is 6.18 Å². The minimum Gasteiger partial charge on any atom is -0.476 e. The van der Waals surface area contributed by atoms with Crippen molar-refractivity contribution in [1.82, 2.24) is 4.98 Å². The van der Waals surface area contributed by atoms with Gasteiger partial charge in [-0.25, -0.2) is 0 Å². The van der Waals surface area contributed by atoms with E-state index in [0.717, 1.165) is 6.20 Å². The molecule has 1 atom stereocenters. The van der Waals surface area contributed by atoms with Crippen molar-refractivity contribution in [3.63, 3.8) is 0 Å². The number of hydrogen-bond acceptors (Lipinski definition) is 3. The Bertz CT molecular complexity index is 626. The van der Waals surface area contributed by atoms with Crippen molar-refractivity contribution in [3.05, 3.63) is 59.9 Å². The molecule has 0 radical (unpaired) electrons. The van der Waals surface area contributed by atoms with E-state index in [9.17, 15) is 18.0 Å². The number of ether oxygens (including phenoxy) is 1. The quantitative estimate of drug-likeness (QED) is 0.801. The summed E-state index contributed by atoms with van der Waals surface area (Å²) in [6.45, 7) is 1.33. The third-order valence-electron chi connectivity index (χ3n) is 2.78. The minimum absolute atomic E-state index is 0.0196. The second kappa shape index (κ2) is 5.95. The molecule has 0 aliphatic carbocycles. The minimum atomic E-state index is -4.59. The van der Waals surface area contributed by atoms with Crippen molar-refractivity contribution in [2.45, 2.75) is 19.2 Å². The molecule has 3 nitrogen and oxygen atoms in total. The van der Waals surface area contributed by atoms with Crippen LogP contribution in [-0.4, -0.2) is 16.9 Å². The van der Waals surface area contributed by atoms with Crippen LogP contribution in [0.5, 0.6) is 5.75 Å². The fraction of sp³-hybridized carbons (Fsp3) is 0.200. The Hall–Kier alpha value is -2.37. The van der Waals surface area contributed by atoms with E-state index >= 15 is 0 Å². The van der Waals surface area contributed by atoms with Gasteiger partial charge in [0.15, 0.2) is 5.78 Å². The molecule has 1 aromatic carbocycles. The SMILES string of the molecule is CC(=O)c1cccc(OC(c2cccnc2)C(F)(F)F)c1. The molecule has 1 aromatic heterocycles. The zero-order valence-corrected chi connectivity index (χ0v) is 11.1. The second-order valence-corrected chi connectivity index (χ2v) is 4.41. The Morgan fingerprint density at radius 2 is 2.00 bits per heavy atom. The highest BCUT2D eigenvalue weighted by Gasteiger charge is 2.43. The Morgan fingerprint density at radius 3 is 2.57 bits per heavy atom. The van der Waals surface area contributed by atoms with Crippen molar-refractivity contribution in [1.29, 1.82) is 0 Å². The lowest BCUT2D eigenvalue weighted by molar-refractivity contribution is -0.198. The maximum Gasteiger partial charge on any atom is 0.429 e. The number of Topliss-reactive ketones (excluding diaryl/α,β-unsaturated/α-hetero) is 1. The number of halogens is 3. The van der Waals surface area contributed by atoms with E-state index in [0.29, 0.717) is 5.56 Å². The largest absolute Gasteiger partial charge is 0.476 e. The average molecular weight is 295 g/mol. The van der Waals surface area contributed by atoms with Gasteiger partial charge in [0, 0.05) is 23.5 Å². The van der Waals surface area contributed by atoms with Gasteiger partial charge in [0.2, 0.25) is 6.10 Å². The standard InChI is InChI=1S/C15H12F3NO2/c1-10(20)11-4-2-6-13(8-11)21-14(15(16,17)18)12-5-3-7-19-9-12/h2-9,14H,1H3. The van der Waals surface area contributed by atoms with E-state index in [1.54, 1.807) is 0 Å². The lowest BCUT2D eigenvalue weighted by Crippen LogP contribution is -2.26. The Labute approximate surface area is 119 Å². The summed E-state index contributed by atoms with van der Waals surface area (Å²) in [5.41, 5.74) is 0.192. The molecular weight excluding hydrogens is 283 g/mol. The number of hydrogen-bond donors (Lipinski definition) is 0. The highest BCUT2D eigenvalue weighted by molar-refractivity contribution is 5.94. The first-order chi connectivity index (χ1) is 9.88. The van der Waals surface area contributed by atoms with E-state index < -0.39 is 12.3 Å². The van der Waals surface area contributed by atoms with Gasteiger partial charge in [0.1, 0.15) is 5.75 Å². The predicted molar refractivity (Wildman–Crippen MR) is 70.1 cm³/mol. The molecule has 0 N–H and O–H groups in total. The van der Waals surface area contributed by atoms with Gasteiger partial charge < -0.3 is 4.74 Å². The molecule has 1 heterocycles. The number of aromatic nitrogens is 1. The fourth-order valence-corrected chi connectivity index (χ4v) is 1.78. The number of nitrogens with zero attached hydrogens (tertiary/aromatic N) is 1. The molecule has 0 bridgehead atoms. The first-order valence-electron chi connectivity index (χ1n) is 6.12. The molecule has 0 saturated heterocycles. The monoisotopic (exact) mass is 295 g/mol. The number of benzene rings is 1. The van der Waals surface area contributed by atoms with Crippen molar-refractivity contribution < 1.29 is 22.7 Å². The van der Waals surface area contributed by atoms with Gasteiger partial charge in [-0.3, -0.25) is 9.78 Å². The molecule has 0 saturated carbocycles. The number of alkyl halides is 3. The van der Waals surface area contributed by atoms with E-state index in [1.165, 1.54) is 49.5 Å². The van der Waals surface area contributed by atoms with Gasteiger partial charge in [-0.1, -0.05) is 18.2 Å². The van der Waals surface area contributed by atoms with Crippen LogP contribution in [0.4, 0.5) is 13.2 Å². The summed E-state index contributed by atoms with van der Waals surface area (Å²) in [4.78, 5) is 14.9. The molecule has 0 fully saturated rings. The third-order valence-corrected chi connectivity index (χ3v) is 2.78. The van der Waals surface area contributed by atoms with Crippen LogP contribution in [0.2, 0.25) is 0 Å². The number of carbonyl (C=O) groups excluding carboxylic acids is 1. The first-order valence-corrected chi connectivity index (χ1v) is 6.12. The van der Waals surface area contributed by atoms with E-state index in [4.69, 9.17) is 4.74 Å². The van der Waals surface area contributed by atoms with Crippen molar-refractivity contribution in [3.8, 4) is 5.75 Å². The van der Waals surface area contributed by atoms with Gasteiger partial charge in [0.05, 0.1) is 0 Å². The van der Waals surface area contributed by atoms with Crippen molar-refractivity contribution >= 4 is 5.78 Å². The second-order valence-electron chi connectivity index (χ2n) is 4.41. The van der Waals surface area contributed by atoms with Crippen molar-refractivity contribution in [2.24, 2.45) is 0 Å². The van der Waals surface area contributed by atoms with Crippen molar-refractivity contribution in [2.75, 3.05) is 0 Å². The summed E-state index contributed by atoms with van der Waals surface area (Å²) >= 11 is 0. The van der Waals surface area contributed by atoms with Crippen LogP contribution < -0.4 is 4.74 Å². The molecule has 0 amide bonds. The van der Waals surface area contributed by atoms with Crippen LogP contribution in [0.15, 0.2) is 48.8 Å². The Kier molecular flexibility index (Phi) is 4.26. The number of rotatable bonds is 4. The van der Waals surface area contributed by atoms with E-state index in [-0.39, 0.29) is 17.1 Å². The molecule has 110 valence electrons. The predicted octanol–water partition coefficient (Wildman–Crippen LogP) is 3.97. The first kappa shape index (κ1) is 15.0. The number of ketones is 1. The highest BCUT2D eigenvalue weighted by atomic mass is 19.4. The number of carbonyl (C=O) groups is 1. The summed E-state index contributed by atoms with van der Waals surface area (Å²) in [5.74, 6) is -0.265. The fourth-order valence-electron chi connectivity index (χ4n) is 1.78. The van der Waals surface area contributed by atoms with Gasteiger partial charge in [0.25, 0.3) is 0 Å². The molecule has 0 aliphatic heterocycles. The average Bonchev–Trinajstić information content (AvgIpc) is 2.45. The van der Waals surface area contributed by atoms with Crippen LogP contribution in [0, 0.1) is 0 Å². The van der Waals surface area contributed by atoms with E-state index in [2.05, 4.69) is 4.98 Å². The lowest BCUT2D eigenvalue weighted by Gasteiger charge is -2.22. The van der Waals surface area contributed by atoms with Gasteiger partial charge in [-0.15, -0.1) is 0 Å². The molecular formula is C15H12F3NO2.